The summed E-state index contributed by atoms with van der Waals surface area (Å²) >= 11 is 0. The molecule has 0 aliphatic heterocycles. The van der Waals surface area contributed by atoms with Gasteiger partial charge in [0.05, 0.1) is 7.11 Å². The van der Waals surface area contributed by atoms with E-state index >= 15 is 0 Å². The number of aliphatic hydroxyl groups excluding tert-OH is 1. The van der Waals surface area contributed by atoms with Gasteiger partial charge in [0.25, 0.3) is 0 Å². The number of nitrogens with zero attached hydrogens (tertiary/aromatic N) is 1. The lowest BCUT2D eigenvalue weighted by Crippen LogP contribution is -2.28. The number of rotatable bonds is 4. The lowest BCUT2D eigenvalue weighted by molar-refractivity contribution is -0.171. The van der Waals surface area contributed by atoms with E-state index in [0.29, 0.717) is 11.8 Å². The smallest absolute Gasteiger partial charge is 0.249 e. The molecule has 3 atom stereocenters. The van der Waals surface area contributed by atoms with E-state index in [1.807, 2.05) is 0 Å². The molecule has 0 bridgehead atoms. The standard InChI is InChI=1S/C10H19NO3/c1-6(2)8-7(5-12)9(8)10(13)11(3)14-4/h6-9,12H,5H2,1-4H3/t7-,8+,9-/m1/s1. The monoisotopic (exact) mass is 201 g/mol. The number of hydrogen-bond donors (Lipinski definition) is 1. The third-order valence-electron chi connectivity index (χ3n) is 3.08. The highest BCUT2D eigenvalue weighted by Gasteiger charge is 2.56. The lowest BCUT2D eigenvalue weighted by atomic mass is 10.1. The quantitative estimate of drug-likeness (QED) is 0.674. The molecule has 4 heteroatoms. The molecule has 4 nitrogen and oxygen atoms in total. The summed E-state index contributed by atoms with van der Waals surface area (Å²) < 4.78 is 0. The highest BCUT2D eigenvalue weighted by Crippen LogP contribution is 2.51. The van der Waals surface area contributed by atoms with Crippen LogP contribution in [0.5, 0.6) is 0 Å². The Morgan fingerprint density at radius 2 is 2.14 bits per heavy atom. The minimum absolute atomic E-state index is 0.0229. The Balaban J connectivity index is 2.58. The maximum atomic E-state index is 11.7. The summed E-state index contributed by atoms with van der Waals surface area (Å²) in [4.78, 5) is 16.5. The van der Waals surface area contributed by atoms with Gasteiger partial charge in [0.2, 0.25) is 5.91 Å². The summed E-state index contributed by atoms with van der Waals surface area (Å²) in [5.74, 6) is 0.798. The molecule has 1 amide bonds. The van der Waals surface area contributed by atoms with Gasteiger partial charge in [-0.15, -0.1) is 0 Å². The Bertz CT molecular complexity index is 217. The molecule has 1 saturated carbocycles. The molecule has 0 aromatic heterocycles. The van der Waals surface area contributed by atoms with Crippen LogP contribution < -0.4 is 0 Å². The Hall–Kier alpha value is -0.610. The molecule has 0 unspecified atom stereocenters. The van der Waals surface area contributed by atoms with Crippen LogP contribution in [-0.4, -0.2) is 36.8 Å². The van der Waals surface area contributed by atoms with Crippen molar-refractivity contribution < 1.29 is 14.7 Å². The van der Waals surface area contributed by atoms with Crippen LogP contribution in [0, 0.1) is 23.7 Å². The molecule has 0 radical (unpaired) electrons. The molecule has 1 fully saturated rings. The molecule has 14 heavy (non-hydrogen) atoms. The van der Waals surface area contributed by atoms with Crippen molar-refractivity contribution in [3.63, 3.8) is 0 Å². The van der Waals surface area contributed by atoms with E-state index in [1.165, 1.54) is 12.2 Å². The van der Waals surface area contributed by atoms with Crippen LogP contribution in [0.25, 0.3) is 0 Å². The Labute approximate surface area is 84.8 Å². The fourth-order valence-corrected chi connectivity index (χ4v) is 2.19. The van der Waals surface area contributed by atoms with E-state index in [-0.39, 0.29) is 24.3 Å². The average molecular weight is 201 g/mol. The molecule has 0 heterocycles. The van der Waals surface area contributed by atoms with Crippen molar-refractivity contribution in [3.05, 3.63) is 0 Å². The normalized spacial score (nSPS) is 30.6. The van der Waals surface area contributed by atoms with Gasteiger partial charge < -0.3 is 5.11 Å². The lowest BCUT2D eigenvalue weighted by Gasteiger charge is -2.13. The van der Waals surface area contributed by atoms with Gasteiger partial charge in [-0.2, -0.15) is 0 Å². The van der Waals surface area contributed by atoms with E-state index in [0.717, 1.165) is 0 Å². The van der Waals surface area contributed by atoms with Crippen LogP contribution in [0.2, 0.25) is 0 Å². The van der Waals surface area contributed by atoms with Crippen LogP contribution in [0.4, 0.5) is 0 Å². The number of amides is 1. The topological polar surface area (TPSA) is 49.8 Å². The number of carbonyl (C=O) groups excluding carboxylic acids is 1. The summed E-state index contributed by atoms with van der Waals surface area (Å²) in [6.45, 7) is 4.25. The molecule has 1 N–H and O–H groups in total. The first-order valence-electron chi connectivity index (χ1n) is 4.97. The van der Waals surface area contributed by atoms with Crippen molar-refractivity contribution in [2.75, 3.05) is 20.8 Å². The summed E-state index contributed by atoms with van der Waals surface area (Å²) in [5, 5.41) is 10.3. The van der Waals surface area contributed by atoms with Crippen molar-refractivity contribution in [2.24, 2.45) is 23.7 Å². The first kappa shape index (κ1) is 11.5. The van der Waals surface area contributed by atoms with Crippen molar-refractivity contribution >= 4 is 5.91 Å². The van der Waals surface area contributed by atoms with Gasteiger partial charge in [-0.3, -0.25) is 9.63 Å². The molecule has 1 rings (SSSR count). The van der Waals surface area contributed by atoms with E-state index in [4.69, 9.17) is 9.94 Å². The van der Waals surface area contributed by atoms with Gasteiger partial charge in [0, 0.05) is 19.6 Å². The third-order valence-corrected chi connectivity index (χ3v) is 3.08. The van der Waals surface area contributed by atoms with E-state index < -0.39 is 0 Å². The number of carbonyl (C=O) groups is 1. The van der Waals surface area contributed by atoms with Crippen molar-refractivity contribution in [1.82, 2.24) is 5.06 Å². The third kappa shape index (κ3) is 1.91. The van der Waals surface area contributed by atoms with Crippen LogP contribution in [0.1, 0.15) is 13.8 Å². The molecular weight excluding hydrogens is 182 g/mol. The second-order valence-corrected chi connectivity index (χ2v) is 4.21. The highest BCUT2D eigenvalue weighted by molar-refractivity contribution is 5.81. The van der Waals surface area contributed by atoms with Gasteiger partial charge in [0.1, 0.15) is 0 Å². The zero-order valence-corrected chi connectivity index (χ0v) is 9.23. The first-order chi connectivity index (χ1) is 6.54. The molecule has 1 aliphatic rings. The van der Waals surface area contributed by atoms with E-state index in [9.17, 15) is 4.79 Å². The van der Waals surface area contributed by atoms with Crippen molar-refractivity contribution in [1.29, 1.82) is 0 Å². The van der Waals surface area contributed by atoms with E-state index in [2.05, 4.69) is 13.8 Å². The van der Waals surface area contributed by atoms with Crippen molar-refractivity contribution in [3.8, 4) is 0 Å². The molecule has 0 aromatic carbocycles. The molecule has 82 valence electrons. The van der Waals surface area contributed by atoms with Crippen LogP contribution in [0.3, 0.4) is 0 Å². The predicted molar refractivity (Wildman–Crippen MR) is 52.2 cm³/mol. The largest absolute Gasteiger partial charge is 0.396 e. The summed E-state index contributed by atoms with van der Waals surface area (Å²) in [6.07, 6.45) is 0. The number of hydrogen-bond acceptors (Lipinski definition) is 3. The second-order valence-electron chi connectivity index (χ2n) is 4.21. The fourth-order valence-electron chi connectivity index (χ4n) is 2.19. The fraction of sp³-hybridized carbons (Fsp3) is 0.900. The van der Waals surface area contributed by atoms with Gasteiger partial charge >= 0.3 is 0 Å². The van der Waals surface area contributed by atoms with Gasteiger partial charge in [-0.25, -0.2) is 5.06 Å². The Morgan fingerprint density at radius 1 is 1.57 bits per heavy atom. The van der Waals surface area contributed by atoms with Gasteiger partial charge in [-0.1, -0.05) is 13.8 Å². The Morgan fingerprint density at radius 3 is 2.43 bits per heavy atom. The predicted octanol–water partition coefficient (Wildman–Crippen LogP) is 0.517. The average Bonchev–Trinajstić information content (AvgIpc) is 2.89. The minimum Gasteiger partial charge on any atom is -0.396 e. The van der Waals surface area contributed by atoms with Crippen LogP contribution in [-0.2, 0) is 9.63 Å². The zero-order chi connectivity index (χ0) is 10.9. The summed E-state index contributed by atoms with van der Waals surface area (Å²) in [6, 6.07) is 0. The number of aliphatic hydroxyl groups is 1. The van der Waals surface area contributed by atoms with Gasteiger partial charge in [-0.05, 0) is 17.8 Å². The molecule has 1 aliphatic carbocycles. The summed E-state index contributed by atoms with van der Waals surface area (Å²) in [7, 11) is 3.07. The first-order valence-corrected chi connectivity index (χ1v) is 4.97. The van der Waals surface area contributed by atoms with Crippen LogP contribution >= 0.6 is 0 Å². The Kier molecular flexibility index (Phi) is 3.50. The zero-order valence-electron chi connectivity index (χ0n) is 9.23. The molecular formula is C10H19NO3. The molecule has 0 saturated heterocycles. The van der Waals surface area contributed by atoms with Crippen molar-refractivity contribution in [2.45, 2.75) is 13.8 Å². The second kappa shape index (κ2) is 4.28. The maximum Gasteiger partial charge on any atom is 0.249 e. The van der Waals surface area contributed by atoms with Crippen LogP contribution in [0.15, 0.2) is 0 Å². The summed E-state index contributed by atoms with van der Waals surface area (Å²) in [5.41, 5.74) is 0. The molecule has 0 aromatic rings. The molecule has 0 spiro atoms. The highest BCUT2D eigenvalue weighted by atomic mass is 16.7. The SMILES string of the molecule is CON(C)C(=O)[C@@H]1[C@H](CO)[C@@H]1C(C)C. The minimum atomic E-state index is -0.0510. The van der Waals surface area contributed by atoms with E-state index in [1.54, 1.807) is 7.05 Å². The van der Waals surface area contributed by atoms with Gasteiger partial charge in [0.15, 0.2) is 0 Å². The maximum absolute atomic E-state index is 11.7. The number of hydroxylamine groups is 2.